The number of benzene rings is 1. The zero-order valence-electron chi connectivity index (χ0n) is 11.4. The van der Waals surface area contributed by atoms with Crippen LogP contribution in [0, 0.1) is 16.7 Å². The van der Waals surface area contributed by atoms with Crippen LogP contribution in [0.5, 0.6) is 0 Å². The van der Waals surface area contributed by atoms with Crippen LogP contribution in [0.25, 0.3) is 11.4 Å². The highest BCUT2D eigenvalue weighted by atomic mass is 16.3. The monoisotopic (exact) mass is 268 g/mol. The predicted molar refractivity (Wildman–Crippen MR) is 73.7 cm³/mol. The predicted octanol–water partition coefficient (Wildman–Crippen LogP) is 1.76. The number of hydrogen-bond donors (Lipinski definition) is 1. The van der Waals surface area contributed by atoms with Crippen molar-refractivity contribution in [2.75, 3.05) is 6.61 Å². The number of aryl methyl sites for hydroxylation is 1. The first kappa shape index (κ1) is 12.8. The zero-order chi connectivity index (χ0) is 14.2. The summed E-state index contributed by atoms with van der Waals surface area (Å²) in [7, 11) is 0. The van der Waals surface area contributed by atoms with E-state index in [2.05, 4.69) is 23.1 Å². The molecule has 2 aromatic rings. The molecule has 0 radical (unpaired) electrons. The first-order valence-corrected chi connectivity index (χ1v) is 6.69. The Bertz CT molecular complexity index is 668. The molecule has 1 aromatic heterocycles. The van der Waals surface area contributed by atoms with Gasteiger partial charge in [0.1, 0.15) is 5.82 Å². The minimum absolute atomic E-state index is 0.0923. The van der Waals surface area contributed by atoms with Gasteiger partial charge in [0.2, 0.25) is 0 Å². The Balaban J connectivity index is 1.92. The van der Waals surface area contributed by atoms with Crippen molar-refractivity contribution in [3.63, 3.8) is 0 Å². The Labute approximate surface area is 117 Å². The maximum Gasteiger partial charge on any atom is 0.181 e. The van der Waals surface area contributed by atoms with E-state index >= 15 is 0 Å². The number of aliphatic hydroxyl groups is 1. The van der Waals surface area contributed by atoms with Crippen LogP contribution in [0.2, 0.25) is 0 Å². The summed E-state index contributed by atoms with van der Waals surface area (Å²) in [4.78, 5) is 4.58. The lowest BCUT2D eigenvalue weighted by atomic mass is 9.82. The molecular weight excluding hydrogens is 252 g/mol. The number of hydrogen-bond acceptors (Lipinski definition) is 4. The first-order valence-electron chi connectivity index (χ1n) is 6.69. The normalized spacial score (nSPS) is 21.2. The standard InChI is InChI=1S/C15H16N4O/c1-15(10-20)6-7-19-13(8-15)17-14(18-19)12-4-2-11(9-16)3-5-12/h2-5,20H,6-8,10H2,1H3. The summed E-state index contributed by atoms with van der Waals surface area (Å²) in [5.41, 5.74) is 1.45. The fourth-order valence-corrected chi connectivity index (χ4v) is 2.48. The minimum Gasteiger partial charge on any atom is -0.396 e. The smallest absolute Gasteiger partial charge is 0.181 e. The Hall–Kier alpha value is -2.19. The van der Waals surface area contributed by atoms with Crippen molar-refractivity contribution in [2.45, 2.75) is 26.3 Å². The second-order valence-corrected chi connectivity index (χ2v) is 5.66. The lowest BCUT2D eigenvalue weighted by molar-refractivity contribution is 0.108. The fraction of sp³-hybridized carbons (Fsp3) is 0.400. The largest absolute Gasteiger partial charge is 0.396 e. The van der Waals surface area contributed by atoms with Crippen LogP contribution in [0.3, 0.4) is 0 Å². The van der Waals surface area contributed by atoms with Crippen molar-refractivity contribution in [2.24, 2.45) is 5.41 Å². The molecule has 2 heterocycles. The van der Waals surface area contributed by atoms with Crippen LogP contribution >= 0.6 is 0 Å². The Morgan fingerprint density at radius 2 is 2.15 bits per heavy atom. The first-order chi connectivity index (χ1) is 9.63. The van der Waals surface area contributed by atoms with Crippen molar-refractivity contribution in [3.05, 3.63) is 35.7 Å². The molecule has 0 amide bonds. The Morgan fingerprint density at radius 1 is 1.40 bits per heavy atom. The molecule has 1 unspecified atom stereocenters. The van der Waals surface area contributed by atoms with E-state index < -0.39 is 0 Å². The molecule has 5 heteroatoms. The van der Waals surface area contributed by atoms with E-state index in [1.807, 2.05) is 16.8 Å². The van der Waals surface area contributed by atoms with E-state index in [-0.39, 0.29) is 12.0 Å². The van der Waals surface area contributed by atoms with Gasteiger partial charge < -0.3 is 5.11 Å². The number of aromatic nitrogens is 3. The molecule has 102 valence electrons. The number of rotatable bonds is 2. The molecule has 1 atom stereocenters. The molecule has 5 nitrogen and oxygen atoms in total. The van der Waals surface area contributed by atoms with E-state index in [1.54, 1.807) is 12.1 Å². The summed E-state index contributed by atoms with van der Waals surface area (Å²) >= 11 is 0. The number of nitriles is 1. The maximum absolute atomic E-state index is 9.47. The summed E-state index contributed by atoms with van der Waals surface area (Å²) in [6.07, 6.45) is 1.65. The molecule has 1 aromatic carbocycles. The lowest BCUT2D eigenvalue weighted by Crippen LogP contribution is -2.32. The zero-order valence-corrected chi connectivity index (χ0v) is 11.4. The van der Waals surface area contributed by atoms with Crippen molar-refractivity contribution >= 4 is 0 Å². The van der Waals surface area contributed by atoms with Gasteiger partial charge in [-0.05, 0) is 36.1 Å². The number of nitrogens with zero attached hydrogens (tertiary/aromatic N) is 4. The van der Waals surface area contributed by atoms with Crippen molar-refractivity contribution in [1.82, 2.24) is 14.8 Å². The topological polar surface area (TPSA) is 74.7 Å². The second-order valence-electron chi connectivity index (χ2n) is 5.66. The quantitative estimate of drug-likeness (QED) is 0.900. The third kappa shape index (κ3) is 2.19. The van der Waals surface area contributed by atoms with Crippen LogP contribution in [0.4, 0.5) is 0 Å². The molecule has 0 saturated carbocycles. The molecule has 0 bridgehead atoms. The van der Waals surface area contributed by atoms with Crippen LogP contribution in [-0.2, 0) is 13.0 Å². The molecule has 0 spiro atoms. The van der Waals surface area contributed by atoms with Crippen molar-refractivity contribution in [1.29, 1.82) is 5.26 Å². The second kappa shape index (κ2) is 4.73. The van der Waals surface area contributed by atoms with Gasteiger partial charge in [-0.2, -0.15) is 10.4 Å². The van der Waals surface area contributed by atoms with Crippen molar-refractivity contribution in [3.8, 4) is 17.5 Å². The fourth-order valence-electron chi connectivity index (χ4n) is 2.48. The van der Waals surface area contributed by atoms with Gasteiger partial charge in [-0.1, -0.05) is 6.92 Å². The summed E-state index contributed by atoms with van der Waals surface area (Å²) in [5.74, 6) is 1.61. The van der Waals surface area contributed by atoms with Gasteiger partial charge in [-0.25, -0.2) is 9.67 Å². The molecule has 0 saturated heterocycles. The van der Waals surface area contributed by atoms with E-state index in [9.17, 15) is 5.11 Å². The van der Waals surface area contributed by atoms with Gasteiger partial charge in [0.25, 0.3) is 0 Å². The van der Waals surface area contributed by atoms with Crippen LogP contribution in [0.15, 0.2) is 24.3 Å². The van der Waals surface area contributed by atoms with Gasteiger partial charge in [0.05, 0.1) is 11.6 Å². The molecule has 3 rings (SSSR count). The third-order valence-corrected chi connectivity index (χ3v) is 3.91. The molecule has 20 heavy (non-hydrogen) atoms. The maximum atomic E-state index is 9.47. The highest BCUT2D eigenvalue weighted by Crippen LogP contribution is 2.31. The van der Waals surface area contributed by atoms with E-state index in [4.69, 9.17) is 5.26 Å². The average Bonchev–Trinajstić information content (AvgIpc) is 2.90. The minimum atomic E-state index is -0.0923. The highest BCUT2D eigenvalue weighted by Gasteiger charge is 2.31. The molecule has 1 aliphatic heterocycles. The third-order valence-electron chi connectivity index (χ3n) is 3.91. The van der Waals surface area contributed by atoms with Gasteiger partial charge in [-0.3, -0.25) is 0 Å². The highest BCUT2D eigenvalue weighted by molar-refractivity contribution is 5.56. The van der Waals surface area contributed by atoms with Gasteiger partial charge >= 0.3 is 0 Å². The van der Waals surface area contributed by atoms with E-state index in [0.717, 1.165) is 30.8 Å². The van der Waals surface area contributed by atoms with E-state index in [1.165, 1.54) is 0 Å². The lowest BCUT2D eigenvalue weighted by Gasteiger charge is -2.30. The summed E-state index contributed by atoms with van der Waals surface area (Å²) in [6, 6.07) is 9.37. The Morgan fingerprint density at radius 3 is 2.80 bits per heavy atom. The molecule has 0 aliphatic carbocycles. The van der Waals surface area contributed by atoms with Crippen molar-refractivity contribution < 1.29 is 5.11 Å². The van der Waals surface area contributed by atoms with Crippen LogP contribution in [0.1, 0.15) is 24.7 Å². The number of fused-ring (bicyclic) bond motifs is 1. The summed E-state index contributed by atoms with van der Waals surface area (Å²) < 4.78 is 1.92. The van der Waals surface area contributed by atoms with Gasteiger partial charge in [0.15, 0.2) is 5.82 Å². The summed E-state index contributed by atoms with van der Waals surface area (Å²) in [6.45, 7) is 3.04. The molecule has 1 aliphatic rings. The molecule has 1 N–H and O–H groups in total. The molecule has 0 fully saturated rings. The number of aliphatic hydroxyl groups excluding tert-OH is 1. The summed E-state index contributed by atoms with van der Waals surface area (Å²) in [5, 5.41) is 22.8. The SMILES string of the molecule is CC1(CO)CCn2nc(-c3ccc(C#N)cc3)nc2C1. The molecular formula is C15H16N4O. The van der Waals surface area contributed by atoms with Gasteiger partial charge in [0, 0.05) is 25.1 Å². The average molecular weight is 268 g/mol. The van der Waals surface area contributed by atoms with Crippen LogP contribution in [-0.4, -0.2) is 26.5 Å². The van der Waals surface area contributed by atoms with Gasteiger partial charge in [-0.15, -0.1) is 0 Å². The Kier molecular flexibility index (Phi) is 3.03. The van der Waals surface area contributed by atoms with E-state index in [0.29, 0.717) is 11.4 Å². The van der Waals surface area contributed by atoms with Crippen LogP contribution < -0.4 is 0 Å².